The van der Waals surface area contributed by atoms with Crippen LogP contribution in [0.3, 0.4) is 0 Å². The van der Waals surface area contributed by atoms with Crippen LogP contribution in [0.25, 0.3) is 0 Å². The Labute approximate surface area is 136 Å². The lowest BCUT2D eigenvalue weighted by Gasteiger charge is -2.17. The third-order valence-corrected chi connectivity index (χ3v) is 3.18. The van der Waals surface area contributed by atoms with Gasteiger partial charge in [0.2, 0.25) is 0 Å². The van der Waals surface area contributed by atoms with Gasteiger partial charge < -0.3 is 15.2 Å². The van der Waals surface area contributed by atoms with Crippen LogP contribution >= 0.6 is 0 Å². The van der Waals surface area contributed by atoms with Crippen LogP contribution in [0, 0.1) is 11.6 Å². The van der Waals surface area contributed by atoms with Crippen molar-refractivity contribution in [2.75, 3.05) is 6.61 Å². The zero-order valence-corrected chi connectivity index (χ0v) is 12.5. The van der Waals surface area contributed by atoms with Crippen molar-refractivity contribution in [3.63, 3.8) is 0 Å². The van der Waals surface area contributed by atoms with E-state index in [-0.39, 0.29) is 12.2 Å². The predicted molar refractivity (Wildman–Crippen MR) is 81.4 cm³/mol. The number of carboxylic acids is 1. The van der Waals surface area contributed by atoms with Crippen molar-refractivity contribution in [3.8, 4) is 5.75 Å². The molecule has 0 fully saturated rings. The Morgan fingerprint density at radius 1 is 1.08 bits per heavy atom. The maximum Gasteiger partial charge on any atom is 0.305 e. The van der Waals surface area contributed by atoms with Crippen LogP contribution in [0.1, 0.15) is 18.0 Å². The highest BCUT2D eigenvalue weighted by atomic mass is 19.1. The molecule has 126 valence electrons. The summed E-state index contributed by atoms with van der Waals surface area (Å²) in [5.74, 6) is -2.90. The summed E-state index contributed by atoms with van der Waals surface area (Å²) in [5, 5.41) is 11.4. The SMILES string of the molecule is O=C(O)C[C@@H](NC(=O)COc1ccccc1F)c1ccc(F)cc1. The molecule has 2 N–H and O–H groups in total. The quantitative estimate of drug-likeness (QED) is 0.816. The fourth-order valence-electron chi connectivity index (χ4n) is 2.06. The van der Waals surface area contributed by atoms with Crippen LogP contribution in [-0.2, 0) is 9.59 Å². The molecule has 1 amide bonds. The molecule has 0 spiro atoms. The fraction of sp³-hybridized carbons (Fsp3) is 0.176. The van der Waals surface area contributed by atoms with E-state index >= 15 is 0 Å². The average molecular weight is 335 g/mol. The van der Waals surface area contributed by atoms with Gasteiger partial charge in [0, 0.05) is 0 Å². The lowest BCUT2D eigenvalue weighted by molar-refractivity contribution is -0.137. The number of carbonyl (C=O) groups is 2. The van der Waals surface area contributed by atoms with E-state index in [1.54, 1.807) is 6.07 Å². The first-order valence-electron chi connectivity index (χ1n) is 7.09. The molecule has 2 aromatic rings. The summed E-state index contributed by atoms with van der Waals surface area (Å²) in [6.07, 6.45) is -0.378. The first-order chi connectivity index (χ1) is 11.5. The minimum atomic E-state index is -1.13. The molecule has 0 radical (unpaired) electrons. The molecule has 0 heterocycles. The molecule has 24 heavy (non-hydrogen) atoms. The monoisotopic (exact) mass is 335 g/mol. The van der Waals surface area contributed by atoms with Crippen molar-refractivity contribution in [2.24, 2.45) is 0 Å². The lowest BCUT2D eigenvalue weighted by Crippen LogP contribution is -2.34. The number of carbonyl (C=O) groups excluding carboxylic acids is 1. The summed E-state index contributed by atoms with van der Waals surface area (Å²) in [6.45, 7) is -0.474. The molecular weight excluding hydrogens is 320 g/mol. The van der Waals surface area contributed by atoms with Gasteiger partial charge in [-0.2, -0.15) is 0 Å². The molecule has 5 nitrogen and oxygen atoms in total. The Hall–Kier alpha value is -2.96. The van der Waals surface area contributed by atoms with E-state index in [2.05, 4.69) is 5.32 Å². The van der Waals surface area contributed by atoms with Gasteiger partial charge in [-0.1, -0.05) is 24.3 Å². The third-order valence-electron chi connectivity index (χ3n) is 3.18. The van der Waals surface area contributed by atoms with E-state index in [9.17, 15) is 18.4 Å². The lowest BCUT2D eigenvalue weighted by atomic mass is 10.0. The summed E-state index contributed by atoms with van der Waals surface area (Å²) >= 11 is 0. The zero-order valence-electron chi connectivity index (χ0n) is 12.5. The number of hydrogen-bond acceptors (Lipinski definition) is 3. The second-order valence-electron chi connectivity index (χ2n) is 4.99. The van der Waals surface area contributed by atoms with Crippen LogP contribution < -0.4 is 10.1 Å². The number of ether oxygens (including phenoxy) is 1. The highest BCUT2D eigenvalue weighted by Crippen LogP contribution is 2.18. The van der Waals surface area contributed by atoms with Crippen molar-refractivity contribution in [1.82, 2.24) is 5.32 Å². The normalized spacial score (nSPS) is 11.6. The number of para-hydroxylation sites is 1. The van der Waals surface area contributed by atoms with Gasteiger partial charge in [0.25, 0.3) is 5.91 Å². The van der Waals surface area contributed by atoms with Crippen LogP contribution in [0.4, 0.5) is 8.78 Å². The Balaban J connectivity index is 2.00. The smallest absolute Gasteiger partial charge is 0.305 e. The number of benzene rings is 2. The molecule has 0 saturated heterocycles. The van der Waals surface area contributed by atoms with Gasteiger partial charge in [-0.05, 0) is 29.8 Å². The number of rotatable bonds is 7. The zero-order chi connectivity index (χ0) is 17.5. The minimum Gasteiger partial charge on any atom is -0.481 e. The van der Waals surface area contributed by atoms with E-state index in [1.807, 2.05) is 0 Å². The summed E-state index contributed by atoms with van der Waals surface area (Å²) < 4.78 is 31.4. The summed E-state index contributed by atoms with van der Waals surface area (Å²) in [5.41, 5.74) is 0.443. The van der Waals surface area contributed by atoms with Gasteiger partial charge in [0.05, 0.1) is 12.5 Å². The predicted octanol–water partition coefficient (Wildman–Crippen LogP) is 2.68. The maximum atomic E-state index is 13.4. The first kappa shape index (κ1) is 17.4. The Bertz CT molecular complexity index is 719. The van der Waals surface area contributed by atoms with E-state index in [1.165, 1.54) is 42.5 Å². The molecule has 2 rings (SSSR count). The number of aliphatic carboxylic acids is 1. The Morgan fingerprint density at radius 2 is 1.75 bits per heavy atom. The van der Waals surface area contributed by atoms with Gasteiger partial charge in [0.1, 0.15) is 5.82 Å². The van der Waals surface area contributed by atoms with E-state index in [4.69, 9.17) is 9.84 Å². The highest BCUT2D eigenvalue weighted by Gasteiger charge is 2.18. The van der Waals surface area contributed by atoms with Crippen LogP contribution in [0.2, 0.25) is 0 Å². The molecule has 0 aliphatic carbocycles. The van der Waals surface area contributed by atoms with E-state index in [0.717, 1.165) is 0 Å². The second kappa shape index (κ2) is 8.05. The van der Waals surface area contributed by atoms with Crippen LogP contribution in [-0.4, -0.2) is 23.6 Å². The number of amides is 1. The maximum absolute atomic E-state index is 13.4. The largest absolute Gasteiger partial charge is 0.481 e. The van der Waals surface area contributed by atoms with Gasteiger partial charge >= 0.3 is 5.97 Å². The van der Waals surface area contributed by atoms with Gasteiger partial charge in [-0.15, -0.1) is 0 Å². The van der Waals surface area contributed by atoms with Gasteiger partial charge in [0.15, 0.2) is 18.2 Å². The molecule has 0 aliphatic heterocycles. The van der Waals surface area contributed by atoms with Crippen molar-refractivity contribution in [1.29, 1.82) is 0 Å². The molecular formula is C17H15F2NO4. The molecule has 2 aromatic carbocycles. The second-order valence-corrected chi connectivity index (χ2v) is 4.99. The van der Waals surface area contributed by atoms with Crippen molar-refractivity contribution >= 4 is 11.9 Å². The number of nitrogens with one attached hydrogen (secondary N) is 1. The van der Waals surface area contributed by atoms with Gasteiger partial charge in [-0.25, -0.2) is 8.78 Å². The Kier molecular flexibility index (Phi) is 5.83. The fourth-order valence-corrected chi connectivity index (χ4v) is 2.06. The molecule has 0 unspecified atom stereocenters. The summed E-state index contributed by atoms with van der Waals surface area (Å²) in [6, 6.07) is 9.89. The van der Waals surface area contributed by atoms with Gasteiger partial charge in [-0.3, -0.25) is 9.59 Å². The number of halogens is 2. The minimum absolute atomic E-state index is 0.0794. The summed E-state index contributed by atoms with van der Waals surface area (Å²) in [4.78, 5) is 22.9. The number of carboxylic acid groups (broad SMARTS) is 1. The third kappa shape index (κ3) is 5.05. The standard InChI is InChI=1S/C17H15F2NO4/c18-12-7-5-11(6-8-12)14(9-17(22)23)20-16(21)10-24-15-4-2-1-3-13(15)19/h1-8,14H,9-10H2,(H,20,21)(H,22,23)/t14-/m1/s1. The molecule has 0 aliphatic rings. The average Bonchev–Trinajstić information content (AvgIpc) is 2.54. The van der Waals surface area contributed by atoms with E-state index < -0.39 is 36.2 Å². The highest BCUT2D eigenvalue weighted by molar-refractivity contribution is 5.79. The topological polar surface area (TPSA) is 75.6 Å². The number of hydrogen-bond donors (Lipinski definition) is 2. The Morgan fingerprint density at radius 3 is 2.38 bits per heavy atom. The van der Waals surface area contributed by atoms with E-state index in [0.29, 0.717) is 5.56 Å². The van der Waals surface area contributed by atoms with Crippen LogP contribution in [0.5, 0.6) is 5.75 Å². The molecule has 0 saturated carbocycles. The molecule has 0 bridgehead atoms. The molecule has 0 aromatic heterocycles. The van der Waals surface area contributed by atoms with Crippen molar-refractivity contribution in [2.45, 2.75) is 12.5 Å². The molecule has 7 heteroatoms. The molecule has 1 atom stereocenters. The summed E-state index contributed by atoms with van der Waals surface area (Å²) in [7, 11) is 0. The first-order valence-corrected chi connectivity index (χ1v) is 7.09. The van der Waals surface area contributed by atoms with Crippen LogP contribution in [0.15, 0.2) is 48.5 Å². The van der Waals surface area contributed by atoms with Crippen molar-refractivity contribution in [3.05, 3.63) is 65.7 Å². The van der Waals surface area contributed by atoms with Crippen molar-refractivity contribution < 1.29 is 28.2 Å².